The first-order valence-electron chi connectivity index (χ1n) is 5.65. The van der Waals surface area contributed by atoms with Crippen molar-refractivity contribution in [3.8, 4) is 0 Å². The van der Waals surface area contributed by atoms with E-state index in [1.165, 1.54) is 0 Å². The number of nitrogens with zero attached hydrogens (tertiary/aromatic N) is 3. The molecule has 0 aromatic heterocycles. The maximum absolute atomic E-state index is 10.0. The highest BCUT2D eigenvalue weighted by molar-refractivity contribution is 5.29. The van der Waals surface area contributed by atoms with Crippen LogP contribution in [0.4, 0.5) is 0 Å². The molecule has 1 rings (SSSR count). The molecule has 5 heteroatoms. The maximum Gasteiger partial charge on any atom is 0.105 e. The summed E-state index contributed by atoms with van der Waals surface area (Å²) in [5, 5.41) is 23.1. The molecule has 2 atom stereocenters. The average Bonchev–Trinajstić information content (AvgIpc) is 2.38. The van der Waals surface area contributed by atoms with E-state index in [2.05, 4.69) is 10.0 Å². The number of rotatable bonds is 6. The first-order valence-corrected chi connectivity index (χ1v) is 5.65. The van der Waals surface area contributed by atoms with Crippen LogP contribution < -0.4 is 0 Å². The Morgan fingerprint density at radius 3 is 2.71 bits per heavy atom. The first-order chi connectivity index (χ1) is 8.20. The number of benzene rings is 1. The Bertz CT molecular complexity index is 402. The number of aliphatic hydroxyl groups is 2. The van der Waals surface area contributed by atoms with Crippen LogP contribution in [0.15, 0.2) is 29.4 Å². The van der Waals surface area contributed by atoms with Crippen LogP contribution in [-0.4, -0.2) is 22.9 Å². The van der Waals surface area contributed by atoms with Crippen molar-refractivity contribution >= 4 is 0 Å². The molecule has 0 saturated carbocycles. The fraction of sp³-hybridized carbons (Fsp3) is 0.500. The molecule has 17 heavy (non-hydrogen) atoms. The Balaban J connectivity index is 2.73. The highest BCUT2D eigenvalue weighted by Gasteiger charge is 2.19. The van der Waals surface area contributed by atoms with E-state index in [-0.39, 0.29) is 13.0 Å². The second-order valence-electron chi connectivity index (χ2n) is 3.81. The van der Waals surface area contributed by atoms with E-state index in [1.54, 1.807) is 6.07 Å². The topological polar surface area (TPSA) is 89.2 Å². The van der Waals surface area contributed by atoms with Crippen molar-refractivity contribution < 1.29 is 10.2 Å². The van der Waals surface area contributed by atoms with Gasteiger partial charge in [-0.1, -0.05) is 36.3 Å². The third-order valence-corrected chi connectivity index (χ3v) is 2.71. The van der Waals surface area contributed by atoms with Crippen molar-refractivity contribution in [2.24, 2.45) is 5.11 Å². The maximum atomic E-state index is 10.0. The zero-order valence-corrected chi connectivity index (χ0v) is 9.82. The largest absolute Gasteiger partial charge is 0.390 e. The molecule has 0 spiro atoms. The lowest BCUT2D eigenvalue weighted by molar-refractivity contribution is 0.0145. The molecule has 0 bridgehead atoms. The fourth-order valence-electron chi connectivity index (χ4n) is 1.74. The van der Waals surface area contributed by atoms with Gasteiger partial charge in [0.25, 0.3) is 0 Å². The summed E-state index contributed by atoms with van der Waals surface area (Å²) < 4.78 is 0. The lowest BCUT2D eigenvalue weighted by atomic mass is 9.96. The van der Waals surface area contributed by atoms with Gasteiger partial charge in [0.15, 0.2) is 0 Å². The van der Waals surface area contributed by atoms with E-state index < -0.39 is 12.2 Å². The molecule has 92 valence electrons. The summed E-state index contributed by atoms with van der Waals surface area (Å²) in [4.78, 5) is 2.61. The lowest BCUT2D eigenvalue weighted by Crippen LogP contribution is -2.20. The molecular formula is C12H17N3O2. The second kappa shape index (κ2) is 6.91. The van der Waals surface area contributed by atoms with Gasteiger partial charge >= 0.3 is 0 Å². The Hall–Kier alpha value is -1.55. The van der Waals surface area contributed by atoms with Gasteiger partial charge in [-0.3, -0.25) is 0 Å². The summed E-state index contributed by atoms with van der Waals surface area (Å²) in [6.45, 7) is 2.18. The van der Waals surface area contributed by atoms with E-state index in [9.17, 15) is 10.2 Å². The van der Waals surface area contributed by atoms with Gasteiger partial charge < -0.3 is 10.2 Å². The molecule has 5 nitrogen and oxygen atoms in total. The summed E-state index contributed by atoms with van der Waals surface area (Å²) in [7, 11) is 0. The van der Waals surface area contributed by atoms with Crippen LogP contribution in [0.5, 0.6) is 0 Å². The Labute approximate surface area is 100 Å². The van der Waals surface area contributed by atoms with Crippen LogP contribution in [0.2, 0.25) is 0 Å². The van der Waals surface area contributed by atoms with Crippen LogP contribution in [0.25, 0.3) is 10.4 Å². The van der Waals surface area contributed by atoms with Crippen molar-refractivity contribution in [3.63, 3.8) is 0 Å². The molecule has 2 unspecified atom stereocenters. The van der Waals surface area contributed by atoms with Crippen molar-refractivity contribution in [3.05, 3.63) is 45.8 Å². The van der Waals surface area contributed by atoms with Crippen molar-refractivity contribution in [1.82, 2.24) is 0 Å². The minimum atomic E-state index is -0.931. The van der Waals surface area contributed by atoms with Gasteiger partial charge in [-0.05, 0) is 29.5 Å². The average molecular weight is 235 g/mol. The zero-order chi connectivity index (χ0) is 12.7. The van der Waals surface area contributed by atoms with E-state index in [0.717, 1.165) is 17.5 Å². The molecule has 0 radical (unpaired) electrons. The Morgan fingerprint density at radius 1 is 1.35 bits per heavy atom. The van der Waals surface area contributed by atoms with Gasteiger partial charge in [0.1, 0.15) is 6.10 Å². The van der Waals surface area contributed by atoms with Crippen LogP contribution in [0.1, 0.15) is 30.6 Å². The minimum absolute atomic E-state index is 0.184. The summed E-state index contributed by atoms with van der Waals surface area (Å²) in [6, 6.07) is 7.47. The van der Waals surface area contributed by atoms with Crippen LogP contribution >= 0.6 is 0 Å². The number of aliphatic hydroxyl groups excluding tert-OH is 2. The van der Waals surface area contributed by atoms with Crippen LogP contribution in [0.3, 0.4) is 0 Å². The van der Waals surface area contributed by atoms with E-state index in [0.29, 0.717) is 0 Å². The fourth-order valence-corrected chi connectivity index (χ4v) is 1.74. The minimum Gasteiger partial charge on any atom is -0.390 e. The van der Waals surface area contributed by atoms with Crippen LogP contribution in [0, 0.1) is 0 Å². The van der Waals surface area contributed by atoms with E-state index >= 15 is 0 Å². The van der Waals surface area contributed by atoms with E-state index in [1.807, 2.05) is 25.1 Å². The molecule has 0 aliphatic carbocycles. The van der Waals surface area contributed by atoms with Crippen molar-refractivity contribution in [2.45, 2.75) is 32.0 Å². The van der Waals surface area contributed by atoms with Crippen molar-refractivity contribution in [1.29, 1.82) is 0 Å². The van der Waals surface area contributed by atoms with E-state index in [4.69, 9.17) is 5.53 Å². The molecule has 2 N–H and O–H groups in total. The van der Waals surface area contributed by atoms with Gasteiger partial charge in [0, 0.05) is 11.5 Å². The number of azide groups is 1. The van der Waals surface area contributed by atoms with Crippen molar-refractivity contribution in [2.75, 3.05) is 6.54 Å². The highest BCUT2D eigenvalue weighted by atomic mass is 16.3. The molecule has 0 amide bonds. The van der Waals surface area contributed by atoms with Gasteiger partial charge in [0.2, 0.25) is 0 Å². The van der Waals surface area contributed by atoms with Gasteiger partial charge in [-0.25, -0.2) is 0 Å². The SMILES string of the molecule is CCc1ccccc1C(O)C(O)CCN=[N+]=[N-]. The quantitative estimate of drug-likeness (QED) is 0.450. The number of aryl methyl sites for hydroxylation is 1. The number of hydrogen-bond donors (Lipinski definition) is 2. The molecule has 0 fully saturated rings. The molecule has 0 aliphatic rings. The third kappa shape index (κ3) is 3.75. The summed E-state index contributed by atoms with van der Waals surface area (Å²) in [5.41, 5.74) is 9.89. The smallest absolute Gasteiger partial charge is 0.105 e. The summed E-state index contributed by atoms with van der Waals surface area (Å²) >= 11 is 0. The molecule has 1 aromatic rings. The molecular weight excluding hydrogens is 218 g/mol. The Morgan fingerprint density at radius 2 is 2.06 bits per heavy atom. The second-order valence-corrected chi connectivity index (χ2v) is 3.81. The van der Waals surface area contributed by atoms with Gasteiger partial charge in [-0.15, -0.1) is 0 Å². The van der Waals surface area contributed by atoms with Crippen LogP contribution in [-0.2, 0) is 6.42 Å². The Kier molecular flexibility index (Phi) is 5.49. The third-order valence-electron chi connectivity index (χ3n) is 2.71. The molecule has 1 aromatic carbocycles. The monoisotopic (exact) mass is 235 g/mol. The predicted molar refractivity (Wildman–Crippen MR) is 65.4 cm³/mol. The number of hydrogen-bond acceptors (Lipinski definition) is 3. The predicted octanol–water partition coefficient (Wildman–Crippen LogP) is 2.34. The normalized spacial score (nSPS) is 13.8. The molecule has 0 saturated heterocycles. The lowest BCUT2D eigenvalue weighted by Gasteiger charge is -2.19. The first kappa shape index (κ1) is 13.5. The summed E-state index contributed by atoms with van der Waals surface area (Å²) in [6.07, 6.45) is -0.784. The highest BCUT2D eigenvalue weighted by Crippen LogP contribution is 2.23. The zero-order valence-electron chi connectivity index (χ0n) is 9.82. The molecule has 0 heterocycles. The molecule has 0 aliphatic heterocycles. The van der Waals surface area contributed by atoms with Gasteiger partial charge in [-0.2, -0.15) is 0 Å². The van der Waals surface area contributed by atoms with Gasteiger partial charge in [0.05, 0.1) is 6.10 Å². The standard InChI is InChI=1S/C12H17N3O2/c1-2-9-5-3-4-6-10(9)12(17)11(16)7-8-14-15-13/h3-6,11-12,16-17H,2,7-8H2,1H3. The summed E-state index contributed by atoms with van der Waals surface area (Å²) in [5.74, 6) is 0.